The predicted octanol–water partition coefficient (Wildman–Crippen LogP) is 3.27. The van der Waals surface area contributed by atoms with Gasteiger partial charge in [-0.3, -0.25) is 0 Å². The van der Waals surface area contributed by atoms with Crippen molar-refractivity contribution in [3.63, 3.8) is 0 Å². The Morgan fingerprint density at radius 2 is 2.10 bits per heavy atom. The highest BCUT2D eigenvalue weighted by molar-refractivity contribution is 5.64. The van der Waals surface area contributed by atoms with Gasteiger partial charge in [-0.1, -0.05) is 6.07 Å². The molecule has 1 aromatic rings. The zero-order chi connectivity index (χ0) is 14.8. The summed E-state index contributed by atoms with van der Waals surface area (Å²) in [5.41, 5.74) is -0.756. The van der Waals surface area contributed by atoms with Crippen LogP contribution in [0.1, 0.15) is 24.8 Å². The second kappa shape index (κ2) is 5.60. The molecule has 2 atom stereocenters. The van der Waals surface area contributed by atoms with Gasteiger partial charge in [0.1, 0.15) is 11.9 Å². The van der Waals surface area contributed by atoms with E-state index in [9.17, 15) is 18.0 Å². The molecule has 0 saturated heterocycles. The maximum absolute atomic E-state index is 12.6. The van der Waals surface area contributed by atoms with Crippen molar-refractivity contribution in [2.24, 2.45) is 0 Å². The van der Waals surface area contributed by atoms with Crippen molar-refractivity contribution < 1.29 is 27.8 Å². The molecular weight excluding hydrogens is 275 g/mol. The van der Waals surface area contributed by atoms with Gasteiger partial charge in [-0.05, 0) is 31.0 Å². The molecule has 20 heavy (non-hydrogen) atoms. The Kier molecular flexibility index (Phi) is 4.06. The highest BCUT2D eigenvalue weighted by Crippen LogP contribution is 2.32. The van der Waals surface area contributed by atoms with E-state index in [2.05, 4.69) is 5.32 Å². The van der Waals surface area contributed by atoms with Crippen LogP contribution in [0.3, 0.4) is 0 Å². The van der Waals surface area contributed by atoms with Crippen LogP contribution in [-0.2, 0) is 6.18 Å². The molecule has 0 radical (unpaired) electrons. The third kappa shape index (κ3) is 3.79. The summed E-state index contributed by atoms with van der Waals surface area (Å²) in [4.78, 5) is 10.5. The molecule has 4 nitrogen and oxygen atoms in total. The van der Waals surface area contributed by atoms with Crippen molar-refractivity contribution in [2.75, 3.05) is 0 Å². The lowest BCUT2D eigenvalue weighted by Crippen LogP contribution is -2.32. The van der Waals surface area contributed by atoms with Gasteiger partial charge in [-0.25, -0.2) is 4.79 Å². The Labute approximate surface area is 113 Å². The number of benzene rings is 1. The highest BCUT2D eigenvalue weighted by Gasteiger charge is 2.31. The first-order valence-electron chi connectivity index (χ1n) is 6.18. The minimum Gasteiger partial charge on any atom is -0.490 e. The number of carbonyl (C=O) groups is 1. The lowest BCUT2D eigenvalue weighted by molar-refractivity contribution is -0.137. The predicted molar refractivity (Wildman–Crippen MR) is 64.7 cm³/mol. The normalized spacial score (nSPS) is 22.6. The van der Waals surface area contributed by atoms with Gasteiger partial charge in [0.25, 0.3) is 0 Å². The molecule has 1 saturated carbocycles. The second-order valence-electron chi connectivity index (χ2n) is 4.72. The fraction of sp³-hybridized carbons (Fsp3) is 0.462. The van der Waals surface area contributed by atoms with Crippen molar-refractivity contribution in [1.29, 1.82) is 0 Å². The van der Waals surface area contributed by atoms with Gasteiger partial charge in [-0.2, -0.15) is 13.2 Å². The number of carboxylic acid groups (broad SMARTS) is 1. The van der Waals surface area contributed by atoms with E-state index in [0.717, 1.165) is 12.1 Å². The van der Waals surface area contributed by atoms with E-state index in [0.29, 0.717) is 19.3 Å². The molecule has 2 rings (SSSR count). The molecule has 0 spiro atoms. The number of hydrogen-bond donors (Lipinski definition) is 2. The lowest BCUT2D eigenvalue weighted by Gasteiger charge is -2.15. The van der Waals surface area contributed by atoms with Gasteiger partial charge in [0, 0.05) is 12.5 Å². The summed E-state index contributed by atoms with van der Waals surface area (Å²) in [7, 11) is 0. The molecule has 7 heteroatoms. The minimum atomic E-state index is -4.40. The average Bonchev–Trinajstić information content (AvgIpc) is 2.75. The smallest absolute Gasteiger partial charge is 0.416 e. The fourth-order valence-corrected chi connectivity index (χ4v) is 2.29. The first-order chi connectivity index (χ1) is 9.34. The van der Waals surface area contributed by atoms with E-state index in [1.165, 1.54) is 12.1 Å². The van der Waals surface area contributed by atoms with Crippen LogP contribution >= 0.6 is 0 Å². The summed E-state index contributed by atoms with van der Waals surface area (Å²) >= 11 is 0. The Morgan fingerprint density at radius 1 is 1.35 bits per heavy atom. The van der Waals surface area contributed by atoms with Crippen molar-refractivity contribution in [1.82, 2.24) is 5.32 Å². The van der Waals surface area contributed by atoms with Gasteiger partial charge < -0.3 is 15.2 Å². The molecule has 2 N–H and O–H groups in total. The number of alkyl halides is 3. The summed E-state index contributed by atoms with van der Waals surface area (Å²) < 4.78 is 43.2. The van der Waals surface area contributed by atoms with E-state index in [4.69, 9.17) is 9.84 Å². The van der Waals surface area contributed by atoms with Crippen molar-refractivity contribution in [3.8, 4) is 5.75 Å². The van der Waals surface area contributed by atoms with Crippen molar-refractivity contribution >= 4 is 6.09 Å². The molecule has 1 fully saturated rings. The average molecular weight is 289 g/mol. The maximum Gasteiger partial charge on any atom is 0.416 e. The number of ether oxygens (including phenoxy) is 1. The van der Waals surface area contributed by atoms with E-state index in [1.54, 1.807) is 0 Å². The van der Waals surface area contributed by atoms with E-state index in [1.807, 2.05) is 0 Å². The SMILES string of the molecule is O=C(O)NC1CCC(Oc2cccc(C(F)(F)F)c2)C1. The van der Waals surface area contributed by atoms with Crippen LogP contribution in [0, 0.1) is 0 Å². The van der Waals surface area contributed by atoms with Crippen molar-refractivity contribution in [3.05, 3.63) is 29.8 Å². The number of nitrogens with one attached hydrogen (secondary N) is 1. The van der Waals surface area contributed by atoms with Gasteiger partial charge >= 0.3 is 12.3 Å². The zero-order valence-corrected chi connectivity index (χ0v) is 10.5. The van der Waals surface area contributed by atoms with Crippen LogP contribution < -0.4 is 10.1 Å². The number of amides is 1. The molecule has 1 aromatic carbocycles. The van der Waals surface area contributed by atoms with Crippen LogP contribution in [0.15, 0.2) is 24.3 Å². The summed E-state index contributed by atoms with van der Waals surface area (Å²) in [5.74, 6) is 0.154. The standard InChI is InChI=1S/C13H14F3NO3/c14-13(15,16)8-2-1-3-10(6-8)20-11-5-4-9(7-11)17-12(18)19/h1-3,6,9,11,17H,4-5,7H2,(H,18,19). The highest BCUT2D eigenvalue weighted by atomic mass is 19.4. The summed E-state index contributed by atoms with van der Waals surface area (Å²) in [6.45, 7) is 0. The van der Waals surface area contributed by atoms with Gasteiger partial charge in [0.05, 0.1) is 5.56 Å². The number of hydrogen-bond acceptors (Lipinski definition) is 2. The molecule has 0 heterocycles. The molecule has 1 aliphatic carbocycles. The van der Waals surface area contributed by atoms with Crippen LogP contribution in [0.4, 0.5) is 18.0 Å². The molecule has 0 aromatic heterocycles. The maximum atomic E-state index is 12.6. The molecule has 2 unspecified atom stereocenters. The first kappa shape index (κ1) is 14.5. The molecule has 0 bridgehead atoms. The first-order valence-corrected chi connectivity index (χ1v) is 6.18. The number of rotatable bonds is 3. The summed E-state index contributed by atoms with van der Waals surface area (Å²) in [5, 5.41) is 10.9. The van der Waals surface area contributed by atoms with Crippen molar-refractivity contribution in [2.45, 2.75) is 37.6 Å². The summed E-state index contributed by atoms with van der Waals surface area (Å²) in [6.07, 6.45) is -4.08. The lowest BCUT2D eigenvalue weighted by atomic mass is 10.2. The van der Waals surface area contributed by atoms with E-state index in [-0.39, 0.29) is 17.9 Å². The number of halogens is 3. The monoisotopic (exact) mass is 289 g/mol. The third-order valence-electron chi connectivity index (χ3n) is 3.18. The van der Waals surface area contributed by atoms with Crippen LogP contribution in [0.5, 0.6) is 5.75 Å². The molecular formula is C13H14F3NO3. The Morgan fingerprint density at radius 3 is 2.75 bits per heavy atom. The second-order valence-corrected chi connectivity index (χ2v) is 4.72. The van der Waals surface area contributed by atoms with E-state index < -0.39 is 17.8 Å². The Bertz CT molecular complexity index is 490. The third-order valence-corrected chi connectivity index (χ3v) is 3.18. The summed E-state index contributed by atoms with van der Waals surface area (Å²) in [6, 6.07) is 4.49. The zero-order valence-electron chi connectivity index (χ0n) is 10.5. The largest absolute Gasteiger partial charge is 0.490 e. The topological polar surface area (TPSA) is 58.6 Å². The van der Waals surface area contributed by atoms with Crippen LogP contribution in [0.25, 0.3) is 0 Å². The van der Waals surface area contributed by atoms with E-state index >= 15 is 0 Å². The molecule has 1 aliphatic rings. The van der Waals surface area contributed by atoms with Gasteiger partial charge in [0.2, 0.25) is 0 Å². The van der Waals surface area contributed by atoms with Gasteiger partial charge in [-0.15, -0.1) is 0 Å². The van der Waals surface area contributed by atoms with Crippen LogP contribution in [-0.4, -0.2) is 23.3 Å². The quantitative estimate of drug-likeness (QED) is 0.897. The van der Waals surface area contributed by atoms with Gasteiger partial charge in [0.15, 0.2) is 0 Å². The Balaban J connectivity index is 1.96. The fourth-order valence-electron chi connectivity index (χ4n) is 2.29. The molecule has 0 aliphatic heterocycles. The Hall–Kier alpha value is -1.92. The molecule has 1 amide bonds. The molecule has 110 valence electrons. The van der Waals surface area contributed by atoms with Crippen LogP contribution in [0.2, 0.25) is 0 Å². The minimum absolute atomic E-state index is 0.154.